The zero-order valence-corrected chi connectivity index (χ0v) is 25.7. The highest BCUT2D eigenvalue weighted by atomic mass is 19.4. The number of carboxylic acids is 1. The Kier molecular flexibility index (Phi) is 15.2. The van der Waals surface area contributed by atoms with Gasteiger partial charge >= 0.3 is 18.2 Å². The van der Waals surface area contributed by atoms with Crippen molar-refractivity contribution in [2.45, 2.75) is 77.2 Å². The van der Waals surface area contributed by atoms with E-state index in [1.54, 1.807) is 26.0 Å². The number of anilines is 1. The summed E-state index contributed by atoms with van der Waals surface area (Å²) in [5.41, 5.74) is 0.970. The van der Waals surface area contributed by atoms with Crippen LogP contribution in [-0.2, 0) is 35.3 Å². The first-order valence-electron chi connectivity index (χ1n) is 14.8. The molecule has 16 heteroatoms. The highest BCUT2D eigenvalue weighted by Gasteiger charge is 2.41. The minimum atomic E-state index is -4.64. The number of hydrogen-bond acceptors (Lipinski definition) is 8. The molecule has 0 saturated heterocycles. The number of ether oxygens (including phenoxy) is 1. The number of amides is 5. The quantitative estimate of drug-likeness (QED) is 0.111. The zero-order valence-electron chi connectivity index (χ0n) is 25.7. The van der Waals surface area contributed by atoms with Gasteiger partial charge in [0.25, 0.3) is 11.8 Å². The van der Waals surface area contributed by atoms with Crippen LogP contribution < -0.4 is 21.3 Å². The zero-order chi connectivity index (χ0) is 34.3. The van der Waals surface area contributed by atoms with Crippen molar-refractivity contribution in [3.05, 3.63) is 42.0 Å². The molecule has 254 valence electrons. The first-order chi connectivity index (χ1) is 21.7. The van der Waals surface area contributed by atoms with Gasteiger partial charge in [-0.25, -0.2) is 4.79 Å². The number of nitrogens with one attached hydrogen (secondary N) is 4. The van der Waals surface area contributed by atoms with Gasteiger partial charge in [-0.3, -0.25) is 34.2 Å². The lowest BCUT2D eigenvalue weighted by Crippen LogP contribution is -2.56. The molecule has 1 aliphatic heterocycles. The number of benzene rings is 1. The van der Waals surface area contributed by atoms with Gasteiger partial charge in [-0.1, -0.05) is 38.8 Å². The highest BCUT2D eigenvalue weighted by molar-refractivity contribution is 6.12. The fourth-order valence-electron chi connectivity index (χ4n) is 4.37. The summed E-state index contributed by atoms with van der Waals surface area (Å²) in [6.07, 6.45) is -2.38. The molecule has 46 heavy (non-hydrogen) atoms. The Hall–Kier alpha value is -4.47. The van der Waals surface area contributed by atoms with Gasteiger partial charge in [0, 0.05) is 37.3 Å². The van der Waals surface area contributed by atoms with E-state index < -0.39 is 66.4 Å². The number of hydrogen-bond donors (Lipinski definition) is 5. The van der Waals surface area contributed by atoms with Crippen LogP contribution in [0.25, 0.3) is 0 Å². The lowest BCUT2D eigenvalue weighted by molar-refractivity contribution is -0.161. The number of nitrogens with zero attached hydrogens (tertiary/aromatic N) is 1. The molecular weight excluding hydrogens is 615 g/mol. The molecule has 1 aromatic rings. The Balaban J connectivity index is 1.78. The van der Waals surface area contributed by atoms with E-state index in [2.05, 4.69) is 21.3 Å². The van der Waals surface area contributed by atoms with Crippen molar-refractivity contribution in [1.29, 1.82) is 0 Å². The summed E-state index contributed by atoms with van der Waals surface area (Å²) in [5.74, 6) is -3.78. The minimum absolute atomic E-state index is 0.0735. The standard InChI is InChI=1S/C30H40F3N5O8/c1-19(2)27(37-22(30(31,32)33)7-4-3-5-16-38-24(40)13-14-25(38)41)28(44)35-17-23(39)36-21-11-9-20(10-12-21)18-46-29(45)34-15-6-8-26(42)43/h9-14,19,22,27,37H,3-8,15-18H2,1-2H3,(H,34,45)(H,35,44)(H,36,39)(H,42,43). The second-order valence-corrected chi connectivity index (χ2v) is 11.0. The van der Waals surface area contributed by atoms with Gasteiger partial charge in [0.15, 0.2) is 0 Å². The molecule has 5 amide bonds. The minimum Gasteiger partial charge on any atom is -0.481 e. The fraction of sp³-hybridized carbons (Fsp3) is 0.533. The van der Waals surface area contributed by atoms with Crippen LogP contribution in [-0.4, -0.2) is 83.6 Å². The van der Waals surface area contributed by atoms with E-state index in [9.17, 15) is 41.9 Å². The van der Waals surface area contributed by atoms with Gasteiger partial charge in [-0.05, 0) is 42.9 Å². The smallest absolute Gasteiger partial charge is 0.407 e. The van der Waals surface area contributed by atoms with Crippen molar-refractivity contribution in [3.63, 3.8) is 0 Å². The number of unbranched alkanes of at least 4 members (excludes halogenated alkanes) is 2. The highest BCUT2D eigenvalue weighted by Crippen LogP contribution is 2.26. The summed E-state index contributed by atoms with van der Waals surface area (Å²) < 4.78 is 46.5. The fourth-order valence-corrected chi connectivity index (χ4v) is 4.37. The third-order valence-electron chi connectivity index (χ3n) is 6.87. The molecular formula is C30H40F3N5O8. The van der Waals surface area contributed by atoms with Gasteiger partial charge < -0.3 is 25.8 Å². The molecule has 2 rings (SSSR count). The average molecular weight is 656 g/mol. The molecule has 0 aromatic heterocycles. The van der Waals surface area contributed by atoms with Gasteiger partial charge in [0.1, 0.15) is 12.6 Å². The Labute approximate surface area is 264 Å². The molecule has 0 spiro atoms. The van der Waals surface area contributed by atoms with Crippen molar-refractivity contribution >= 4 is 41.4 Å². The molecule has 0 saturated carbocycles. The van der Waals surface area contributed by atoms with Crippen LogP contribution in [0, 0.1) is 5.92 Å². The second-order valence-electron chi connectivity index (χ2n) is 11.0. The molecule has 2 unspecified atom stereocenters. The number of imide groups is 1. The third-order valence-corrected chi connectivity index (χ3v) is 6.87. The number of aliphatic carboxylic acids is 1. The number of carbonyl (C=O) groups excluding carboxylic acids is 5. The van der Waals surface area contributed by atoms with Crippen molar-refractivity contribution < 1.29 is 51.8 Å². The topological polar surface area (TPSA) is 183 Å². The third kappa shape index (κ3) is 13.7. The molecule has 13 nitrogen and oxygen atoms in total. The molecule has 1 aromatic carbocycles. The van der Waals surface area contributed by atoms with Gasteiger partial charge in [-0.2, -0.15) is 13.2 Å². The summed E-state index contributed by atoms with van der Waals surface area (Å²) >= 11 is 0. The Morgan fingerprint density at radius 3 is 2.17 bits per heavy atom. The summed E-state index contributed by atoms with van der Waals surface area (Å²) in [4.78, 5) is 71.6. The van der Waals surface area contributed by atoms with E-state index in [4.69, 9.17) is 9.84 Å². The number of carbonyl (C=O) groups is 6. The van der Waals surface area contributed by atoms with Crippen LogP contribution in [0.3, 0.4) is 0 Å². The van der Waals surface area contributed by atoms with Crippen LogP contribution in [0.1, 0.15) is 57.9 Å². The molecule has 0 radical (unpaired) electrons. The SMILES string of the molecule is CC(C)C(NC(CCCCCN1C(=O)C=CC1=O)C(F)(F)F)C(=O)NCC(=O)Nc1ccc(COC(=O)NCCCC(=O)O)cc1. The summed E-state index contributed by atoms with van der Waals surface area (Å²) in [6.45, 7) is 2.86. The molecule has 0 aliphatic carbocycles. The maximum Gasteiger partial charge on any atom is 0.407 e. The van der Waals surface area contributed by atoms with Crippen molar-refractivity contribution in [1.82, 2.24) is 20.9 Å². The molecule has 0 bridgehead atoms. The van der Waals surface area contributed by atoms with Crippen LogP contribution in [0.4, 0.5) is 23.7 Å². The predicted molar refractivity (Wildman–Crippen MR) is 159 cm³/mol. The Bertz CT molecular complexity index is 1240. The lowest BCUT2D eigenvalue weighted by atomic mass is 10.00. The molecule has 1 aliphatic rings. The summed E-state index contributed by atoms with van der Waals surface area (Å²) in [6, 6.07) is 3.02. The maximum atomic E-state index is 13.8. The van der Waals surface area contributed by atoms with E-state index >= 15 is 0 Å². The molecule has 0 fully saturated rings. The van der Waals surface area contributed by atoms with Gasteiger partial charge in [0.05, 0.1) is 12.6 Å². The summed E-state index contributed by atoms with van der Waals surface area (Å²) in [7, 11) is 0. The van der Waals surface area contributed by atoms with E-state index in [0.29, 0.717) is 24.1 Å². The molecule has 2 atom stereocenters. The Morgan fingerprint density at radius 2 is 1.59 bits per heavy atom. The Morgan fingerprint density at radius 1 is 0.935 bits per heavy atom. The molecule has 5 N–H and O–H groups in total. The molecule has 1 heterocycles. The van der Waals surface area contributed by atoms with E-state index in [-0.39, 0.29) is 45.4 Å². The number of halogens is 3. The van der Waals surface area contributed by atoms with Crippen LogP contribution in [0.5, 0.6) is 0 Å². The monoisotopic (exact) mass is 655 g/mol. The summed E-state index contributed by atoms with van der Waals surface area (Å²) in [5, 5.41) is 18.3. The lowest BCUT2D eigenvalue weighted by Gasteiger charge is -2.29. The maximum absolute atomic E-state index is 13.8. The number of alkyl halides is 3. The van der Waals surface area contributed by atoms with Crippen molar-refractivity contribution in [3.8, 4) is 0 Å². The normalized spacial score (nSPS) is 14.3. The average Bonchev–Trinajstić information content (AvgIpc) is 3.30. The van der Waals surface area contributed by atoms with Crippen LogP contribution in [0.15, 0.2) is 36.4 Å². The second kappa shape index (κ2) is 18.5. The van der Waals surface area contributed by atoms with Gasteiger partial charge in [0.2, 0.25) is 11.8 Å². The number of carboxylic acid groups (broad SMARTS) is 1. The number of rotatable bonds is 19. The van der Waals surface area contributed by atoms with Crippen molar-refractivity contribution in [2.24, 2.45) is 5.92 Å². The largest absolute Gasteiger partial charge is 0.481 e. The van der Waals surface area contributed by atoms with Crippen LogP contribution >= 0.6 is 0 Å². The van der Waals surface area contributed by atoms with Crippen LogP contribution in [0.2, 0.25) is 0 Å². The number of alkyl carbamates (subject to hydrolysis) is 1. The first kappa shape index (κ1) is 37.7. The van der Waals surface area contributed by atoms with Crippen molar-refractivity contribution in [2.75, 3.05) is 25.0 Å². The van der Waals surface area contributed by atoms with Gasteiger partial charge in [-0.15, -0.1) is 0 Å². The van der Waals surface area contributed by atoms with E-state index in [0.717, 1.165) is 17.1 Å². The first-order valence-corrected chi connectivity index (χ1v) is 14.8. The van der Waals surface area contributed by atoms with E-state index in [1.165, 1.54) is 12.1 Å². The predicted octanol–water partition coefficient (Wildman–Crippen LogP) is 2.86. The van der Waals surface area contributed by atoms with E-state index in [1.807, 2.05) is 0 Å².